The van der Waals surface area contributed by atoms with Crippen LogP contribution in [0.2, 0.25) is 0 Å². The highest BCUT2D eigenvalue weighted by Crippen LogP contribution is 2.23. The van der Waals surface area contributed by atoms with Crippen LogP contribution in [-0.2, 0) is 29.8 Å². The lowest BCUT2D eigenvalue weighted by Gasteiger charge is -2.27. The molecule has 0 aromatic carbocycles. The summed E-state index contributed by atoms with van der Waals surface area (Å²) in [7, 11) is 0. The van der Waals surface area contributed by atoms with Gasteiger partial charge in [-0.3, -0.25) is 9.48 Å². The lowest BCUT2D eigenvalue weighted by atomic mass is 10.0. The molecule has 0 bridgehead atoms. The molecule has 3 rings (SSSR count). The Morgan fingerprint density at radius 1 is 1.24 bits per heavy atom. The maximum Gasteiger partial charge on any atom is 0.220 e. The van der Waals surface area contributed by atoms with E-state index in [0.717, 1.165) is 55.5 Å². The molecule has 0 spiro atoms. The zero-order valence-corrected chi connectivity index (χ0v) is 15.5. The first-order valence-corrected chi connectivity index (χ1v) is 8.98. The van der Waals surface area contributed by atoms with E-state index in [9.17, 15) is 4.79 Å². The van der Waals surface area contributed by atoms with Crippen molar-refractivity contribution in [2.24, 2.45) is 0 Å². The molecule has 0 saturated carbocycles. The molecule has 0 atom stereocenters. The summed E-state index contributed by atoms with van der Waals surface area (Å²) in [6.07, 6.45) is 4.44. The summed E-state index contributed by atoms with van der Waals surface area (Å²) in [4.78, 5) is 16.7. The van der Waals surface area contributed by atoms with Crippen molar-refractivity contribution in [1.29, 1.82) is 0 Å². The van der Waals surface area contributed by atoms with Crippen molar-refractivity contribution in [3.63, 3.8) is 0 Å². The minimum absolute atomic E-state index is 0.0210. The standard InChI is InChI=1S/C17H27N7O/c1-12-18-13(2)24(22-12)11-7-9-15(25)19-17(3,4)16-21-20-14-8-5-6-10-23(14)16/h5-11H2,1-4H3,(H,19,25). The van der Waals surface area contributed by atoms with Gasteiger partial charge in [-0.05, 0) is 47.0 Å². The van der Waals surface area contributed by atoms with Gasteiger partial charge in [0.25, 0.3) is 0 Å². The number of hydrogen-bond donors (Lipinski definition) is 1. The number of carbonyl (C=O) groups excluding carboxylic acids is 1. The largest absolute Gasteiger partial charge is 0.344 e. The Balaban J connectivity index is 1.56. The van der Waals surface area contributed by atoms with Gasteiger partial charge in [-0.2, -0.15) is 5.10 Å². The molecule has 0 radical (unpaired) electrons. The minimum atomic E-state index is -0.528. The van der Waals surface area contributed by atoms with Gasteiger partial charge in [0.05, 0.1) is 5.54 Å². The lowest BCUT2D eigenvalue weighted by Crippen LogP contribution is -2.43. The number of amides is 1. The Labute approximate surface area is 148 Å². The second-order valence-electron chi connectivity index (χ2n) is 7.25. The summed E-state index contributed by atoms with van der Waals surface area (Å²) >= 11 is 0. The SMILES string of the molecule is Cc1nc(C)n(CCCC(=O)NC(C)(C)c2nnc3n2CCCC3)n1. The maximum absolute atomic E-state index is 12.4. The van der Waals surface area contributed by atoms with Crippen molar-refractivity contribution >= 4 is 5.91 Å². The van der Waals surface area contributed by atoms with Crippen LogP contribution in [-0.4, -0.2) is 35.4 Å². The smallest absolute Gasteiger partial charge is 0.220 e. The van der Waals surface area contributed by atoms with Crippen molar-refractivity contribution in [2.45, 2.75) is 78.4 Å². The monoisotopic (exact) mass is 345 g/mol. The van der Waals surface area contributed by atoms with E-state index in [1.54, 1.807) is 0 Å². The first-order valence-electron chi connectivity index (χ1n) is 8.98. The van der Waals surface area contributed by atoms with E-state index in [1.807, 2.05) is 32.4 Å². The van der Waals surface area contributed by atoms with Gasteiger partial charge in [0.1, 0.15) is 17.5 Å². The van der Waals surface area contributed by atoms with E-state index < -0.39 is 5.54 Å². The number of rotatable bonds is 6. The second kappa shape index (κ2) is 6.93. The first kappa shape index (κ1) is 17.6. The van der Waals surface area contributed by atoms with Crippen LogP contribution >= 0.6 is 0 Å². The van der Waals surface area contributed by atoms with Gasteiger partial charge in [0.2, 0.25) is 5.91 Å². The van der Waals surface area contributed by atoms with E-state index in [-0.39, 0.29) is 5.91 Å². The zero-order chi connectivity index (χ0) is 18.0. The number of fused-ring (bicyclic) bond motifs is 1. The Bertz CT molecular complexity index is 759. The van der Waals surface area contributed by atoms with E-state index >= 15 is 0 Å². The molecule has 3 heterocycles. The summed E-state index contributed by atoms with van der Waals surface area (Å²) in [5, 5.41) is 16.1. The average molecular weight is 345 g/mol. The molecule has 136 valence electrons. The fraction of sp³-hybridized carbons (Fsp3) is 0.706. The molecule has 8 nitrogen and oxygen atoms in total. The quantitative estimate of drug-likeness (QED) is 0.860. The van der Waals surface area contributed by atoms with Gasteiger partial charge in [-0.25, -0.2) is 4.98 Å². The predicted molar refractivity (Wildman–Crippen MR) is 92.9 cm³/mol. The molecule has 1 aliphatic heterocycles. The molecule has 1 N–H and O–H groups in total. The zero-order valence-electron chi connectivity index (χ0n) is 15.5. The number of nitrogens with zero attached hydrogens (tertiary/aromatic N) is 6. The average Bonchev–Trinajstić information content (AvgIpc) is 3.10. The highest BCUT2D eigenvalue weighted by atomic mass is 16.1. The molecule has 25 heavy (non-hydrogen) atoms. The number of hydrogen-bond acceptors (Lipinski definition) is 5. The van der Waals surface area contributed by atoms with Crippen LogP contribution in [0.1, 0.15) is 62.8 Å². The third kappa shape index (κ3) is 3.88. The van der Waals surface area contributed by atoms with Gasteiger partial charge in [-0.1, -0.05) is 0 Å². The predicted octanol–water partition coefficient (Wildman–Crippen LogP) is 1.65. The summed E-state index contributed by atoms with van der Waals surface area (Å²) < 4.78 is 4.01. The van der Waals surface area contributed by atoms with Gasteiger partial charge in [0.15, 0.2) is 5.82 Å². The van der Waals surface area contributed by atoms with E-state index in [0.29, 0.717) is 13.0 Å². The topological polar surface area (TPSA) is 90.5 Å². The number of nitrogens with one attached hydrogen (secondary N) is 1. The third-order valence-corrected chi connectivity index (χ3v) is 4.61. The van der Waals surface area contributed by atoms with Gasteiger partial charge < -0.3 is 9.88 Å². The number of aromatic nitrogens is 6. The fourth-order valence-electron chi connectivity index (χ4n) is 3.40. The molecule has 1 amide bonds. The number of aryl methyl sites for hydroxylation is 4. The van der Waals surface area contributed by atoms with Crippen molar-refractivity contribution in [3.05, 3.63) is 23.3 Å². The van der Waals surface area contributed by atoms with Crippen LogP contribution in [0, 0.1) is 13.8 Å². The van der Waals surface area contributed by atoms with Crippen LogP contribution in [0.25, 0.3) is 0 Å². The lowest BCUT2D eigenvalue weighted by molar-refractivity contribution is -0.123. The van der Waals surface area contributed by atoms with Crippen LogP contribution in [0.3, 0.4) is 0 Å². The first-order chi connectivity index (χ1) is 11.9. The molecular weight excluding hydrogens is 318 g/mol. The molecule has 2 aromatic heterocycles. The van der Waals surface area contributed by atoms with Gasteiger partial charge in [0, 0.05) is 25.9 Å². The van der Waals surface area contributed by atoms with Gasteiger partial charge >= 0.3 is 0 Å². The molecule has 2 aromatic rings. The van der Waals surface area contributed by atoms with Crippen molar-refractivity contribution in [3.8, 4) is 0 Å². The second-order valence-corrected chi connectivity index (χ2v) is 7.25. The fourth-order valence-corrected chi connectivity index (χ4v) is 3.40. The third-order valence-electron chi connectivity index (χ3n) is 4.61. The van der Waals surface area contributed by atoms with Gasteiger partial charge in [-0.15, -0.1) is 10.2 Å². The Hall–Kier alpha value is -2.25. The molecular formula is C17H27N7O. The van der Waals surface area contributed by atoms with Crippen LogP contribution in [0.5, 0.6) is 0 Å². The molecule has 1 aliphatic rings. The summed E-state index contributed by atoms with van der Waals surface area (Å²) in [6, 6.07) is 0. The normalized spacial score (nSPS) is 14.4. The minimum Gasteiger partial charge on any atom is -0.344 e. The number of carbonyl (C=O) groups is 1. The van der Waals surface area contributed by atoms with Crippen LogP contribution in [0.4, 0.5) is 0 Å². The summed E-state index contributed by atoms with van der Waals surface area (Å²) in [6.45, 7) is 9.40. The van der Waals surface area contributed by atoms with Crippen LogP contribution in [0.15, 0.2) is 0 Å². The Morgan fingerprint density at radius 2 is 2.04 bits per heavy atom. The van der Waals surface area contributed by atoms with Crippen molar-refractivity contribution in [1.82, 2.24) is 34.8 Å². The van der Waals surface area contributed by atoms with Crippen molar-refractivity contribution in [2.75, 3.05) is 0 Å². The van der Waals surface area contributed by atoms with E-state index in [4.69, 9.17) is 0 Å². The molecule has 0 fully saturated rings. The highest BCUT2D eigenvalue weighted by molar-refractivity contribution is 5.76. The molecule has 8 heteroatoms. The van der Waals surface area contributed by atoms with Crippen LogP contribution < -0.4 is 5.32 Å². The van der Waals surface area contributed by atoms with E-state index in [2.05, 4.69) is 30.2 Å². The molecule has 0 aliphatic carbocycles. The summed E-state index contributed by atoms with van der Waals surface area (Å²) in [5.41, 5.74) is -0.528. The Kier molecular flexibility index (Phi) is 4.87. The summed E-state index contributed by atoms with van der Waals surface area (Å²) in [5.74, 6) is 3.54. The molecule has 0 unspecified atom stereocenters. The Morgan fingerprint density at radius 3 is 2.76 bits per heavy atom. The van der Waals surface area contributed by atoms with E-state index in [1.165, 1.54) is 0 Å². The molecule has 0 saturated heterocycles. The highest BCUT2D eigenvalue weighted by Gasteiger charge is 2.30. The maximum atomic E-state index is 12.4. The van der Waals surface area contributed by atoms with Crippen molar-refractivity contribution < 1.29 is 4.79 Å².